The van der Waals surface area contributed by atoms with Gasteiger partial charge in [0.1, 0.15) is 5.69 Å². The van der Waals surface area contributed by atoms with E-state index in [0.29, 0.717) is 11.5 Å². The Labute approximate surface area is 178 Å². The number of benzene rings is 2. The first-order chi connectivity index (χ1) is 14.9. The lowest BCUT2D eigenvalue weighted by atomic mass is 9.93. The molecule has 3 nitrogen and oxygen atoms in total. The third kappa shape index (κ3) is 2.27. The summed E-state index contributed by atoms with van der Waals surface area (Å²) < 4.78 is 36.4. The summed E-state index contributed by atoms with van der Waals surface area (Å²) >= 11 is 0. The molecule has 0 amide bonds. The molecule has 4 heteroatoms. The molecule has 1 aliphatic heterocycles. The summed E-state index contributed by atoms with van der Waals surface area (Å²) in [6.07, 6.45) is 0. The fourth-order valence-electron chi connectivity index (χ4n) is 5.42. The number of aromatic nitrogens is 2. The van der Waals surface area contributed by atoms with Crippen LogP contribution in [0.1, 0.15) is 60.6 Å². The second kappa shape index (κ2) is 5.85. The Morgan fingerprint density at radius 1 is 1.07 bits per heavy atom. The molecule has 4 aromatic rings. The molecule has 0 saturated heterocycles. The number of aryl methyl sites for hydroxylation is 1. The molecule has 0 N–H and O–H groups in total. The van der Waals surface area contributed by atoms with Crippen LogP contribution in [0.25, 0.3) is 27.3 Å². The summed E-state index contributed by atoms with van der Waals surface area (Å²) in [5, 5.41) is 4.17. The molecule has 3 heterocycles. The van der Waals surface area contributed by atoms with Crippen molar-refractivity contribution < 1.29 is 12.9 Å². The lowest BCUT2D eigenvalue weighted by Crippen LogP contribution is -2.62. The van der Waals surface area contributed by atoms with E-state index in [-0.39, 0.29) is 6.04 Å². The Bertz CT molecular complexity index is 1430. The van der Waals surface area contributed by atoms with Gasteiger partial charge in [0.25, 0.3) is 5.65 Å². The number of rotatable bonds is 2. The maximum Gasteiger partial charge on any atom is 0.324 e. The van der Waals surface area contributed by atoms with Crippen molar-refractivity contribution in [2.24, 2.45) is 0 Å². The zero-order valence-corrected chi connectivity index (χ0v) is 19.3. The van der Waals surface area contributed by atoms with Crippen LogP contribution in [-0.2, 0) is 0 Å². The molecule has 5 rings (SSSR count). The van der Waals surface area contributed by atoms with Crippen molar-refractivity contribution in [2.75, 3.05) is 0 Å². The van der Waals surface area contributed by atoms with Gasteiger partial charge in [-0.05, 0) is 56.9 Å². The Kier molecular flexibility index (Phi) is 3.13. The highest BCUT2D eigenvalue weighted by Crippen LogP contribution is 2.40. The minimum absolute atomic E-state index is 0.261. The van der Waals surface area contributed by atoms with E-state index in [1.807, 2.05) is 6.07 Å². The monoisotopic (exact) mass is 406 g/mol. The quantitative estimate of drug-likeness (QED) is 0.239. The third-order valence-electron chi connectivity index (χ3n) is 6.40. The van der Waals surface area contributed by atoms with Crippen LogP contribution in [0.4, 0.5) is 0 Å². The van der Waals surface area contributed by atoms with E-state index >= 15 is 0 Å². The Hall–Kier alpha value is -2.33. The minimum atomic E-state index is -2.28. The minimum Gasteiger partial charge on any atom is -0.533 e. The van der Waals surface area contributed by atoms with Crippen molar-refractivity contribution in [3.05, 3.63) is 47.2 Å². The van der Waals surface area contributed by atoms with Gasteiger partial charge < -0.3 is 4.43 Å². The van der Waals surface area contributed by atoms with Gasteiger partial charge in [-0.15, -0.1) is 0 Å². The molecule has 0 unspecified atom stereocenters. The second-order valence-electron chi connectivity index (χ2n) is 9.43. The first-order valence-electron chi connectivity index (χ1n) is 12.0. The highest BCUT2D eigenvalue weighted by molar-refractivity contribution is 6.84. The zero-order chi connectivity index (χ0) is 23.3. The van der Waals surface area contributed by atoms with Crippen molar-refractivity contribution in [3.63, 3.8) is 0 Å². The molecule has 0 atom stereocenters. The summed E-state index contributed by atoms with van der Waals surface area (Å²) in [4.78, 5) is 0. The SMILES string of the molecule is [2H]C([2H])([2H])c1ccc2c3c1c1cccc(C(C)C)c1c1n(C(C)C)c(C)c([n+]31)[Si](C)(C)O2. The van der Waals surface area contributed by atoms with E-state index < -0.39 is 15.2 Å². The molecule has 0 saturated carbocycles. The van der Waals surface area contributed by atoms with Crippen molar-refractivity contribution in [3.8, 4) is 5.75 Å². The van der Waals surface area contributed by atoms with Crippen LogP contribution < -0.4 is 14.1 Å². The van der Waals surface area contributed by atoms with Crippen molar-refractivity contribution >= 4 is 41.0 Å². The van der Waals surface area contributed by atoms with E-state index in [2.05, 4.69) is 74.9 Å². The summed E-state index contributed by atoms with van der Waals surface area (Å²) in [5.74, 6) is 1.10. The first-order valence-corrected chi connectivity index (χ1v) is 13.4. The van der Waals surface area contributed by atoms with Crippen LogP contribution in [0, 0.1) is 13.8 Å². The van der Waals surface area contributed by atoms with Gasteiger partial charge in [-0.3, -0.25) is 0 Å². The third-order valence-corrected chi connectivity index (χ3v) is 8.85. The van der Waals surface area contributed by atoms with Crippen LogP contribution in [0.2, 0.25) is 13.1 Å². The molecule has 150 valence electrons. The Morgan fingerprint density at radius 3 is 2.48 bits per heavy atom. The number of pyridine rings is 1. The standard InChI is InChI=1S/C25H31N2OSi/c1-14(2)18-10-9-11-19-21-16(5)12-13-20-23(21)27-24(22(18)19)26(15(3)4)17(6)25(27)29(7,8)28-20/h9-15H,1-8H3/q+1/i5D3. The first kappa shape index (κ1) is 15.5. The highest BCUT2D eigenvalue weighted by atomic mass is 28.4. The second-order valence-corrected chi connectivity index (χ2v) is 13.1. The van der Waals surface area contributed by atoms with Crippen LogP contribution in [0.15, 0.2) is 30.3 Å². The van der Waals surface area contributed by atoms with Gasteiger partial charge in [0.05, 0.1) is 11.4 Å². The van der Waals surface area contributed by atoms with Gasteiger partial charge in [-0.2, -0.15) is 4.40 Å². The van der Waals surface area contributed by atoms with E-state index in [1.54, 1.807) is 6.07 Å². The van der Waals surface area contributed by atoms with Crippen LogP contribution >= 0.6 is 0 Å². The van der Waals surface area contributed by atoms with Gasteiger partial charge >= 0.3 is 8.32 Å². The largest absolute Gasteiger partial charge is 0.533 e. The van der Waals surface area contributed by atoms with Crippen LogP contribution in [0.5, 0.6) is 5.75 Å². The van der Waals surface area contributed by atoms with Gasteiger partial charge in [-0.25, -0.2) is 4.57 Å². The number of hydrogen-bond donors (Lipinski definition) is 0. The molecule has 0 bridgehead atoms. The molecule has 0 radical (unpaired) electrons. The lowest BCUT2D eigenvalue weighted by Gasteiger charge is -2.27. The predicted molar refractivity (Wildman–Crippen MR) is 124 cm³/mol. The molecule has 29 heavy (non-hydrogen) atoms. The average molecular weight is 407 g/mol. The van der Waals surface area contributed by atoms with E-state index in [0.717, 1.165) is 33.1 Å². The van der Waals surface area contributed by atoms with Crippen molar-refractivity contribution in [2.45, 2.75) is 66.5 Å². The Balaban J connectivity index is 2.25. The van der Waals surface area contributed by atoms with Gasteiger partial charge in [0.2, 0.25) is 0 Å². The smallest absolute Gasteiger partial charge is 0.324 e. The summed E-state index contributed by atoms with van der Waals surface area (Å²) in [6.45, 7) is 13.3. The van der Waals surface area contributed by atoms with Crippen molar-refractivity contribution in [1.82, 2.24) is 4.57 Å². The van der Waals surface area contributed by atoms with Crippen molar-refractivity contribution in [1.29, 1.82) is 0 Å². The van der Waals surface area contributed by atoms with E-state index in [4.69, 9.17) is 8.54 Å². The molecule has 1 aliphatic rings. The average Bonchev–Trinajstić information content (AvgIpc) is 3.00. The normalized spacial score (nSPS) is 17.3. The molecule has 2 aromatic heterocycles. The zero-order valence-electron chi connectivity index (χ0n) is 21.3. The van der Waals surface area contributed by atoms with E-state index in [1.165, 1.54) is 16.6 Å². The number of fused-ring (bicyclic) bond motifs is 3. The number of hydrogen-bond acceptors (Lipinski definition) is 1. The number of nitrogens with zero attached hydrogens (tertiary/aromatic N) is 2. The van der Waals surface area contributed by atoms with Crippen LogP contribution in [-0.4, -0.2) is 12.9 Å². The molecule has 2 aromatic carbocycles. The molecule has 0 aliphatic carbocycles. The fourth-order valence-corrected chi connectivity index (χ4v) is 7.98. The van der Waals surface area contributed by atoms with Gasteiger partial charge in [-0.1, -0.05) is 38.1 Å². The maximum atomic E-state index is 8.30. The molecular formula is C25H31N2OSi+. The topological polar surface area (TPSA) is 18.3 Å². The maximum absolute atomic E-state index is 8.30. The van der Waals surface area contributed by atoms with Gasteiger partial charge in [0, 0.05) is 21.8 Å². The van der Waals surface area contributed by atoms with E-state index in [9.17, 15) is 0 Å². The summed E-state index contributed by atoms with van der Waals surface area (Å²) in [7, 11) is -2.28. The lowest BCUT2D eigenvalue weighted by molar-refractivity contribution is -0.462. The Morgan fingerprint density at radius 2 is 1.83 bits per heavy atom. The highest BCUT2D eigenvalue weighted by Gasteiger charge is 2.46. The summed E-state index contributed by atoms with van der Waals surface area (Å²) in [5.41, 5.74) is 4.91. The molecular weight excluding hydrogens is 372 g/mol. The summed E-state index contributed by atoms with van der Waals surface area (Å²) in [6, 6.07) is 10.2. The van der Waals surface area contributed by atoms with Crippen LogP contribution in [0.3, 0.4) is 0 Å². The molecule has 0 spiro atoms. The van der Waals surface area contributed by atoms with Gasteiger partial charge in [0.15, 0.2) is 16.6 Å². The molecule has 0 fully saturated rings. The fraction of sp³-hybridized carbons (Fsp3) is 0.400. The predicted octanol–water partition coefficient (Wildman–Crippen LogP) is 5.66. The number of imidazole rings is 1.